The fraction of sp³-hybridized carbons (Fsp3) is 0.161. The number of nitrogens with zero attached hydrogens (tertiary/aromatic N) is 5. The summed E-state index contributed by atoms with van der Waals surface area (Å²) in [6.07, 6.45) is -0.156. The fourth-order valence-corrected chi connectivity index (χ4v) is 5.16. The number of fused-ring (bicyclic) bond motifs is 2. The van der Waals surface area contributed by atoms with Crippen molar-refractivity contribution >= 4 is 39.6 Å². The first-order valence-corrected chi connectivity index (χ1v) is 13.3. The van der Waals surface area contributed by atoms with Gasteiger partial charge in [-0.15, -0.1) is 0 Å². The maximum atomic E-state index is 16.5. The zero-order chi connectivity index (χ0) is 28.5. The minimum atomic E-state index is -1.86. The van der Waals surface area contributed by atoms with E-state index < -0.39 is 12.6 Å². The molecule has 41 heavy (non-hydrogen) atoms. The van der Waals surface area contributed by atoms with E-state index in [-0.39, 0.29) is 28.8 Å². The molecule has 0 spiro atoms. The first-order chi connectivity index (χ1) is 19.9. The lowest BCUT2D eigenvalue weighted by Crippen LogP contribution is -2.15. The molecule has 0 N–H and O–H groups in total. The van der Waals surface area contributed by atoms with E-state index in [1.54, 1.807) is 42.5 Å². The summed E-state index contributed by atoms with van der Waals surface area (Å²) in [6, 6.07) is 23.1. The van der Waals surface area contributed by atoms with Crippen LogP contribution in [0.5, 0.6) is 0 Å². The second kappa shape index (κ2) is 11.1. The maximum absolute atomic E-state index is 16.5. The van der Waals surface area contributed by atoms with E-state index in [0.29, 0.717) is 39.6 Å². The van der Waals surface area contributed by atoms with Crippen LogP contribution in [0, 0.1) is 0 Å². The number of para-hydroxylation sites is 4. The molecule has 0 saturated heterocycles. The van der Waals surface area contributed by atoms with Gasteiger partial charge in [0.15, 0.2) is 0 Å². The number of hydrogen-bond donors (Lipinski definition) is 0. The molecule has 2 atom stereocenters. The standard InChI is InChI=1S/C31H24ClF2N5O2/c1-41-27(40)15-12-19-10-13-20(14-11-19)21-16-22(30(33)38-17-35-23-6-2-4-8-25(23)38)28(37-29(21)32)31(34)39-18-36-24-7-3-5-9-26(24)39/h2-11,13-14,16-18,30-31H,12,15H2,1H3. The first kappa shape index (κ1) is 26.6. The molecule has 0 aliphatic heterocycles. The quantitative estimate of drug-likeness (QED) is 0.142. The summed E-state index contributed by atoms with van der Waals surface area (Å²) in [5.41, 5.74) is 4.18. The molecular weight excluding hydrogens is 548 g/mol. The van der Waals surface area contributed by atoms with E-state index >= 15 is 8.78 Å². The SMILES string of the molecule is COC(=O)CCc1ccc(-c2cc(C(F)n3cnc4ccccc43)c(C(F)n3cnc4ccccc43)nc2Cl)cc1. The number of imidazole rings is 2. The van der Waals surface area contributed by atoms with Crippen LogP contribution in [-0.2, 0) is 16.0 Å². The highest BCUT2D eigenvalue weighted by atomic mass is 35.5. The number of halogens is 3. The summed E-state index contributed by atoms with van der Waals surface area (Å²) in [7, 11) is 1.35. The third-order valence-corrected chi connectivity index (χ3v) is 7.37. The van der Waals surface area contributed by atoms with Crippen LogP contribution in [0.4, 0.5) is 8.78 Å². The smallest absolute Gasteiger partial charge is 0.305 e. The minimum Gasteiger partial charge on any atom is -0.469 e. The molecule has 2 unspecified atom stereocenters. The molecule has 206 valence electrons. The molecule has 3 heterocycles. The highest BCUT2D eigenvalue weighted by molar-refractivity contribution is 6.32. The highest BCUT2D eigenvalue weighted by Gasteiger charge is 2.28. The van der Waals surface area contributed by atoms with E-state index in [0.717, 1.165) is 5.56 Å². The molecule has 0 amide bonds. The molecule has 0 radical (unpaired) electrons. The van der Waals surface area contributed by atoms with Crippen molar-refractivity contribution in [2.24, 2.45) is 0 Å². The molecule has 6 aromatic rings. The van der Waals surface area contributed by atoms with Crippen LogP contribution in [0.25, 0.3) is 33.2 Å². The normalized spacial score (nSPS) is 13.0. The van der Waals surface area contributed by atoms with Crippen molar-refractivity contribution in [3.8, 4) is 11.1 Å². The molecular formula is C31H24ClF2N5O2. The van der Waals surface area contributed by atoms with Gasteiger partial charge in [0.05, 0.1) is 41.8 Å². The van der Waals surface area contributed by atoms with Crippen LogP contribution in [0.1, 0.15) is 35.8 Å². The Morgan fingerprint density at radius 3 is 2.07 bits per heavy atom. The summed E-state index contributed by atoms with van der Waals surface area (Å²) >= 11 is 6.64. The second-order valence-corrected chi connectivity index (χ2v) is 9.88. The monoisotopic (exact) mass is 571 g/mol. The Bertz CT molecular complexity index is 1870. The summed E-state index contributed by atoms with van der Waals surface area (Å²) < 4.78 is 40.2. The molecule has 0 saturated carbocycles. The number of rotatable bonds is 8. The van der Waals surface area contributed by atoms with Gasteiger partial charge in [0.25, 0.3) is 0 Å². The van der Waals surface area contributed by atoms with E-state index in [1.807, 2.05) is 36.4 Å². The minimum absolute atomic E-state index is 0.00704. The zero-order valence-corrected chi connectivity index (χ0v) is 22.7. The van der Waals surface area contributed by atoms with Gasteiger partial charge in [-0.05, 0) is 47.9 Å². The van der Waals surface area contributed by atoms with Gasteiger partial charge in [0.1, 0.15) is 10.8 Å². The summed E-state index contributed by atoms with van der Waals surface area (Å²) in [6.45, 7) is 0. The Balaban J connectivity index is 1.45. The lowest BCUT2D eigenvalue weighted by Gasteiger charge is -2.20. The zero-order valence-electron chi connectivity index (χ0n) is 21.9. The number of hydrogen-bond acceptors (Lipinski definition) is 5. The van der Waals surface area contributed by atoms with Crippen molar-refractivity contribution in [1.29, 1.82) is 0 Å². The predicted octanol–water partition coefficient (Wildman–Crippen LogP) is 7.24. The number of alkyl halides is 2. The summed E-state index contributed by atoms with van der Waals surface area (Å²) in [4.78, 5) is 24.5. The Hall–Kier alpha value is -4.63. The summed E-state index contributed by atoms with van der Waals surface area (Å²) in [5, 5.41) is 0.0285. The number of benzene rings is 3. The largest absolute Gasteiger partial charge is 0.469 e. The Morgan fingerprint density at radius 2 is 1.46 bits per heavy atom. The second-order valence-electron chi connectivity index (χ2n) is 9.53. The lowest BCUT2D eigenvalue weighted by molar-refractivity contribution is -0.140. The lowest BCUT2D eigenvalue weighted by atomic mass is 10.0. The van der Waals surface area contributed by atoms with Crippen molar-refractivity contribution in [2.45, 2.75) is 25.4 Å². The van der Waals surface area contributed by atoms with Crippen molar-refractivity contribution in [3.63, 3.8) is 0 Å². The highest BCUT2D eigenvalue weighted by Crippen LogP contribution is 2.38. The molecule has 0 fully saturated rings. The number of pyridine rings is 1. The molecule has 3 aromatic heterocycles. The fourth-order valence-electron chi connectivity index (χ4n) is 4.90. The number of carbonyl (C=O) groups is 1. The van der Waals surface area contributed by atoms with Crippen LogP contribution in [0.3, 0.4) is 0 Å². The van der Waals surface area contributed by atoms with Crippen LogP contribution in [-0.4, -0.2) is 37.2 Å². The topological polar surface area (TPSA) is 74.8 Å². The van der Waals surface area contributed by atoms with Gasteiger partial charge in [0.2, 0.25) is 12.6 Å². The van der Waals surface area contributed by atoms with Gasteiger partial charge in [-0.25, -0.2) is 23.7 Å². The third-order valence-electron chi connectivity index (χ3n) is 7.08. The van der Waals surface area contributed by atoms with Crippen molar-refractivity contribution < 1.29 is 18.3 Å². The maximum Gasteiger partial charge on any atom is 0.305 e. The molecule has 7 nitrogen and oxygen atoms in total. The van der Waals surface area contributed by atoms with Gasteiger partial charge in [-0.2, -0.15) is 0 Å². The molecule has 3 aromatic carbocycles. The van der Waals surface area contributed by atoms with Gasteiger partial charge in [-0.1, -0.05) is 60.1 Å². The number of aromatic nitrogens is 5. The Labute approximate surface area is 239 Å². The molecule has 0 aliphatic carbocycles. The number of carbonyl (C=O) groups excluding carboxylic acids is 1. The van der Waals surface area contributed by atoms with Crippen molar-refractivity contribution in [3.05, 3.63) is 113 Å². The van der Waals surface area contributed by atoms with Crippen molar-refractivity contribution in [2.75, 3.05) is 7.11 Å². The van der Waals surface area contributed by atoms with E-state index in [2.05, 4.69) is 15.0 Å². The number of ether oxygens (including phenoxy) is 1. The van der Waals surface area contributed by atoms with Crippen LogP contribution in [0.15, 0.2) is 91.5 Å². The number of aryl methyl sites for hydroxylation is 1. The average molecular weight is 572 g/mol. The third kappa shape index (κ3) is 5.04. The van der Waals surface area contributed by atoms with E-state index in [1.165, 1.54) is 28.9 Å². The Morgan fingerprint density at radius 1 is 0.878 bits per heavy atom. The molecule has 0 aliphatic rings. The molecule has 6 rings (SSSR count). The molecule has 0 bridgehead atoms. The van der Waals surface area contributed by atoms with Gasteiger partial charge < -0.3 is 4.74 Å². The van der Waals surface area contributed by atoms with Crippen molar-refractivity contribution in [1.82, 2.24) is 24.1 Å². The van der Waals surface area contributed by atoms with Crippen LogP contribution >= 0.6 is 11.6 Å². The van der Waals surface area contributed by atoms with Crippen LogP contribution in [0.2, 0.25) is 5.15 Å². The van der Waals surface area contributed by atoms with Gasteiger partial charge in [0, 0.05) is 17.5 Å². The number of methoxy groups -OCH3 is 1. The van der Waals surface area contributed by atoms with E-state index in [9.17, 15) is 4.79 Å². The van der Waals surface area contributed by atoms with Gasteiger partial charge >= 0.3 is 5.97 Å². The van der Waals surface area contributed by atoms with E-state index in [4.69, 9.17) is 16.3 Å². The predicted molar refractivity (Wildman–Crippen MR) is 153 cm³/mol. The number of esters is 1. The Kier molecular flexibility index (Phi) is 7.19. The summed E-state index contributed by atoms with van der Waals surface area (Å²) in [5.74, 6) is -0.297. The van der Waals surface area contributed by atoms with Crippen LogP contribution < -0.4 is 0 Å². The first-order valence-electron chi connectivity index (χ1n) is 12.9. The van der Waals surface area contributed by atoms with Gasteiger partial charge in [-0.3, -0.25) is 13.9 Å². The average Bonchev–Trinajstić information content (AvgIpc) is 3.64. The molecule has 10 heteroatoms.